The fraction of sp³-hybridized carbons (Fsp3) is 0.500. The predicted octanol–water partition coefficient (Wildman–Crippen LogP) is 3.54. The van der Waals surface area contributed by atoms with Gasteiger partial charge in [-0.15, -0.1) is 0 Å². The summed E-state index contributed by atoms with van der Waals surface area (Å²) in [5, 5.41) is 0. The SMILES string of the molecule is Cc1ccc([SH]2CCCCC2)cc1. The molecule has 0 unspecified atom stereocenters. The molecule has 0 aliphatic carbocycles. The normalized spacial score (nSPS) is 20.2. The molecular formula is C12H18S. The van der Waals surface area contributed by atoms with Gasteiger partial charge < -0.3 is 0 Å². The average molecular weight is 194 g/mol. The third-order valence-electron chi connectivity index (χ3n) is 2.76. The summed E-state index contributed by atoms with van der Waals surface area (Å²) >= 11 is 0. The zero-order valence-corrected chi connectivity index (χ0v) is 9.19. The maximum absolute atomic E-state index is 2.34. The van der Waals surface area contributed by atoms with Crippen LogP contribution in [0.4, 0.5) is 0 Å². The highest BCUT2D eigenvalue weighted by atomic mass is 32.2. The number of thiol groups is 1. The van der Waals surface area contributed by atoms with Crippen molar-refractivity contribution in [2.75, 3.05) is 11.5 Å². The van der Waals surface area contributed by atoms with Gasteiger partial charge in [0, 0.05) is 0 Å². The fourth-order valence-corrected chi connectivity index (χ4v) is 4.43. The van der Waals surface area contributed by atoms with E-state index in [1.165, 1.54) is 36.3 Å². The van der Waals surface area contributed by atoms with Crippen molar-refractivity contribution in [3.63, 3.8) is 0 Å². The summed E-state index contributed by atoms with van der Waals surface area (Å²) in [6.07, 6.45) is 4.38. The van der Waals surface area contributed by atoms with Crippen LogP contribution in [0.1, 0.15) is 24.8 Å². The zero-order valence-electron chi connectivity index (χ0n) is 8.29. The highest BCUT2D eigenvalue weighted by Crippen LogP contribution is 2.40. The van der Waals surface area contributed by atoms with Crippen LogP contribution in [-0.2, 0) is 0 Å². The molecule has 0 spiro atoms. The van der Waals surface area contributed by atoms with Crippen LogP contribution in [0.15, 0.2) is 29.2 Å². The number of benzene rings is 1. The molecule has 0 atom stereocenters. The molecule has 0 bridgehead atoms. The van der Waals surface area contributed by atoms with Crippen LogP contribution < -0.4 is 0 Å². The van der Waals surface area contributed by atoms with Crippen LogP contribution in [0, 0.1) is 6.92 Å². The highest BCUT2D eigenvalue weighted by molar-refractivity contribution is 8.17. The molecule has 2 rings (SSSR count). The summed E-state index contributed by atoms with van der Waals surface area (Å²) in [6.45, 7) is 2.16. The minimum Gasteiger partial charge on any atom is -0.227 e. The lowest BCUT2D eigenvalue weighted by Gasteiger charge is -2.26. The van der Waals surface area contributed by atoms with E-state index < -0.39 is 0 Å². The van der Waals surface area contributed by atoms with Crippen molar-refractivity contribution in [3.8, 4) is 0 Å². The Morgan fingerprint density at radius 2 is 1.54 bits per heavy atom. The van der Waals surface area contributed by atoms with E-state index in [4.69, 9.17) is 0 Å². The third kappa shape index (κ3) is 2.28. The summed E-state index contributed by atoms with van der Waals surface area (Å²) < 4.78 is 0. The first-order valence-corrected chi connectivity index (χ1v) is 6.89. The molecule has 13 heavy (non-hydrogen) atoms. The van der Waals surface area contributed by atoms with Gasteiger partial charge in [-0.25, -0.2) is 10.9 Å². The Labute approximate surface area is 83.7 Å². The van der Waals surface area contributed by atoms with E-state index >= 15 is 0 Å². The second kappa shape index (κ2) is 4.19. The maximum atomic E-state index is 2.34. The molecule has 0 amide bonds. The van der Waals surface area contributed by atoms with E-state index in [2.05, 4.69) is 31.2 Å². The number of hydrogen-bond donors (Lipinski definition) is 1. The Hall–Kier alpha value is -0.430. The minimum atomic E-state index is 0.221. The van der Waals surface area contributed by atoms with Gasteiger partial charge in [0.15, 0.2) is 0 Å². The van der Waals surface area contributed by atoms with E-state index in [9.17, 15) is 0 Å². The lowest BCUT2D eigenvalue weighted by molar-refractivity contribution is 0.758. The summed E-state index contributed by atoms with van der Waals surface area (Å²) in [4.78, 5) is 1.63. The van der Waals surface area contributed by atoms with Crippen LogP contribution in [0.25, 0.3) is 0 Å². The Kier molecular flexibility index (Phi) is 2.94. The minimum absolute atomic E-state index is 0.221. The van der Waals surface area contributed by atoms with Crippen molar-refractivity contribution in [1.82, 2.24) is 0 Å². The number of aryl methyl sites for hydroxylation is 1. The van der Waals surface area contributed by atoms with Crippen LogP contribution in [-0.4, -0.2) is 11.5 Å². The first-order chi connectivity index (χ1) is 6.36. The second-order valence-electron chi connectivity index (χ2n) is 3.88. The zero-order chi connectivity index (χ0) is 9.10. The smallest absolute Gasteiger partial charge is 0.0125 e. The Morgan fingerprint density at radius 1 is 0.923 bits per heavy atom. The van der Waals surface area contributed by atoms with Gasteiger partial charge in [0.2, 0.25) is 0 Å². The van der Waals surface area contributed by atoms with Crippen molar-refractivity contribution < 1.29 is 0 Å². The van der Waals surface area contributed by atoms with E-state index in [-0.39, 0.29) is 10.9 Å². The van der Waals surface area contributed by atoms with Crippen LogP contribution in [0.5, 0.6) is 0 Å². The molecule has 1 fully saturated rings. The average Bonchev–Trinajstić information content (AvgIpc) is 2.20. The first kappa shape index (κ1) is 9.14. The van der Waals surface area contributed by atoms with Crippen molar-refractivity contribution in [2.45, 2.75) is 31.1 Å². The van der Waals surface area contributed by atoms with E-state index in [0.717, 1.165) is 0 Å². The molecule has 0 radical (unpaired) electrons. The highest BCUT2D eigenvalue weighted by Gasteiger charge is 2.10. The molecule has 0 nitrogen and oxygen atoms in total. The standard InChI is InChI=1S/C12H18S/c1-11-5-7-12(8-6-11)13-9-3-2-4-10-13/h5-8,13H,2-4,9-10H2,1H3. The van der Waals surface area contributed by atoms with E-state index in [0.29, 0.717) is 0 Å². The number of rotatable bonds is 1. The van der Waals surface area contributed by atoms with Gasteiger partial charge in [0.25, 0.3) is 0 Å². The summed E-state index contributed by atoms with van der Waals surface area (Å²) in [7, 11) is 0.221. The Morgan fingerprint density at radius 3 is 2.15 bits per heavy atom. The summed E-state index contributed by atoms with van der Waals surface area (Å²) in [5.74, 6) is 2.94. The number of hydrogen-bond acceptors (Lipinski definition) is 0. The fourth-order valence-electron chi connectivity index (χ4n) is 1.91. The molecule has 1 aliphatic heterocycles. The largest absolute Gasteiger partial charge is 0.227 e. The molecule has 1 aliphatic rings. The molecule has 1 saturated heterocycles. The third-order valence-corrected chi connectivity index (χ3v) is 5.50. The molecule has 72 valence electrons. The molecular weight excluding hydrogens is 176 g/mol. The van der Waals surface area contributed by atoms with E-state index in [1.807, 2.05) is 0 Å². The van der Waals surface area contributed by atoms with E-state index in [1.54, 1.807) is 4.90 Å². The van der Waals surface area contributed by atoms with Gasteiger partial charge in [-0.1, -0.05) is 36.2 Å². The van der Waals surface area contributed by atoms with Crippen molar-refractivity contribution in [1.29, 1.82) is 0 Å². The predicted molar refractivity (Wildman–Crippen MR) is 62.0 cm³/mol. The van der Waals surface area contributed by atoms with Gasteiger partial charge >= 0.3 is 0 Å². The summed E-state index contributed by atoms with van der Waals surface area (Å²) in [6, 6.07) is 9.19. The molecule has 0 saturated carbocycles. The quantitative estimate of drug-likeness (QED) is 0.650. The maximum Gasteiger partial charge on any atom is -0.0125 e. The summed E-state index contributed by atoms with van der Waals surface area (Å²) in [5.41, 5.74) is 1.38. The Balaban J connectivity index is 2.10. The van der Waals surface area contributed by atoms with Crippen LogP contribution in [0.2, 0.25) is 0 Å². The lowest BCUT2D eigenvalue weighted by Crippen LogP contribution is -2.02. The molecule has 1 aromatic carbocycles. The van der Waals surface area contributed by atoms with Gasteiger partial charge in [0.05, 0.1) is 0 Å². The monoisotopic (exact) mass is 194 g/mol. The van der Waals surface area contributed by atoms with Gasteiger partial charge in [0.1, 0.15) is 0 Å². The molecule has 0 N–H and O–H groups in total. The Bertz CT molecular complexity index is 257. The van der Waals surface area contributed by atoms with Gasteiger partial charge in [-0.3, -0.25) is 0 Å². The topological polar surface area (TPSA) is 0 Å². The van der Waals surface area contributed by atoms with Crippen molar-refractivity contribution in [3.05, 3.63) is 29.8 Å². The lowest BCUT2D eigenvalue weighted by atomic mass is 10.2. The van der Waals surface area contributed by atoms with Crippen molar-refractivity contribution >= 4 is 10.9 Å². The molecule has 0 aromatic heterocycles. The molecule has 1 heterocycles. The van der Waals surface area contributed by atoms with Gasteiger partial charge in [-0.2, -0.15) is 0 Å². The van der Waals surface area contributed by atoms with Crippen LogP contribution in [0.3, 0.4) is 0 Å². The molecule has 1 heteroatoms. The second-order valence-corrected chi connectivity index (χ2v) is 6.37. The van der Waals surface area contributed by atoms with Crippen molar-refractivity contribution in [2.24, 2.45) is 0 Å². The molecule has 1 aromatic rings. The van der Waals surface area contributed by atoms with Gasteiger partial charge in [-0.05, 0) is 36.2 Å². The van der Waals surface area contributed by atoms with Crippen LogP contribution >= 0.6 is 10.9 Å². The first-order valence-electron chi connectivity index (χ1n) is 5.18.